The van der Waals surface area contributed by atoms with Gasteiger partial charge in [-0.15, -0.1) is 0 Å². The molecule has 0 aromatic heterocycles. The van der Waals surface area contributed by atoms with E-state index in [1.807, 2.05) is 24.3 Å². The number of amides is 1. The Labute approximate surface area is 120 Å². The van der Waals surface area contributed by atoms with E-state index in [9.17, 15) is 9.90 Å². The van der Waals surface area contributed by atoms with Gasteiger partial charge in [-0.3, -0.25) is 4.79 Å². The molecule has 1 amide bonds. The summed E-state index contributed by atoms with van der Waals surface area (Å²) in [5, 5.41) is 16.1. The van der Waals surface area contributed by atoms with Crippen LogP contribution < -0.4 is 10.6 Å². The Kier molecular flexibility index (Phi) is 4.16. The number of hydrogen-bond donors (Lipinski definition) is 3. The number of carbonyl (C=O) groups is 1. The molecule has 4 nitrogen and oxygen atoms in total. The molecule has 3 atom stereocenters. The summed E-state index contributed by atoms with van der Waals surface area (Å²) in [6, 6.07) is 8.36. The minimum absolute atomic E-state index is 0.0639. The molecular formula is C16H24N2O2. The van der Waals surface area contributed by atoms with Gasteiger partial charge >= 0.3 is 0 Å². The van der Waals surface area contributed by atoms with Gasteiger partial charge in [0.2, 0.25) is 5.91 Å². The first kappa shape index (κ1) is 15.0. The van der Waals surface area contributed by atoms with E-state index in [0.29, 0.717) is 6.04 Å². The molecule has 2 rings (SSSR count). The van der Waals surface area contributed by atoms with Crippen LogP contribution in [-0.4, -0.2) is 23.2 Å². The Morgan fingerprint density at radius 2 is 2.15 bits per heavy atom. The maximum atomic E-state index is 11.1. The molecule has 1 fully saturated rings. The van der Waals surface area contributed by atoms with E-state index in [1.54, 1.807) is 0 Å². The van der Waals surface area contributed by atoms with Gasteiger partial charge in [0.1, 0.15) is 0 Å². The number of nitrogens with one attached hydrogen (secondary N) is 2. The largest absolute Gasteiger partial charge is 0.392 e. The highest BCUT2D eigenvalue weighted by Crippen LogP contribution is 2.41. The third kappa shape index (κ3) is 3.02. The molecule has 3 N–H and O–H groups in total. The van der Waals surface area contributed by atoms with E-state index in [2.05, 4.69) is 31.4 Å². The highest BCUT2D eigenvalue weighted by Gasteiger charge is 2.47. The molecular weight excluding hydrogens is 252 g/mol. The molecule has 0 heterocycles. The van der Waals surface area contributed by atoms with Gasteiger partial charge in [-0.25, -0.2) is 0 Å². The summed E-state index contributed by atoms with van der Waals surface area (Å²) in [6.07, 6.45) is 0.570. The molecule has 4 heteroatoms. The Morgan fingerprint density at radius 1 is 1.45 bits per heavy atom. The first-order valence-electron chi connectivity index (χ1n) is 7.12. The first-order valence-corrected chi connectivity index (χ1v) is 7.12. The smallest absolute Gasteiger partial charge is 0.221 e. The Bertz CT molecular complexity index is 499. The lowest BCUT2D eigenvalue weighted by Gasteiger charge is -2.50. The van der Waals surface area contributed by atoms with Crippen molar-refractivity contribution in [3.05, 3.63) is 29.8 Å². The fraction of sp³-hybridized carbons (Fsp3) is 0.562. The number of benzene rings is 1. The van der Waals surface area contributed by atoms with E-state index >= 15 is 0 Å². The number of anilines is 1. The third-order valence-corrected chi connectivity index (χ3v) is 4.37. The molecule has 20 heavy (non-hydrogen) atoms. The molecule has 1 aromatic rings. The van der Waals surface area contributed by atoms with Gasteiger partial charge in [0, 0.05) is 30.1 Å². The van der Waals surface area contributed by atoms with Crippen LogP contribution in [0.3, 0.4) is 0 Å². The summed E-state index contributed by atoms with van der Waals surface area (Å²) >= 11 is 0. The summed E-state index contributed by atoms with van der Waals surface area (Å²) in [7, 11) is 0. The van der Waals surface area contributed by atoms with Crippen LogP contribution >= 0.6 is 0 Å². The van der Waals surface area contributed by atoms with Crippen molar-refractivity contribution in [2.45, 2.75) is 52.3 Å². The number of rotatable bonds is 4. The van der Waals surface area contributed by atoms with E-state index in [4.69, 9.17) is 0 Å². The van der Waals surface area contributed by atoms with Crippen LogP contribution in [0, 0.1) is 5.41 Å². The summed E-state index contributed by atoms with van der Waals surface area (Å²) < 4.78 is 0. The van der Waals surface area contributed by atoms with Crippen molar-refractivity contribution in [2.24, 2.45) is 5.41 Å². The van der Waals surface area contributed by atoms with Crippen LogP contribution in [0.2, 0.25) is 0 Å². The minimum atomic E-state index is -0.224. The predicted octanol–water partition coefficient (Wildman–Crippen LogP) is 2.46. The van der Waals surface area contributed by atoms with Crippen LogP contribution in [0.15, 0.2) is 24.3 Å². The average Bonchev–Trinajstić information content (AvgIpc) is 2.37. The van der Waals surface area contributed by atoms with Crippen molar-refractivity contribution in [1.29, 1.82) is 0 Å². The fourth-order valence-electron chi connectivity index (χ4n) is 2.67. The molecule has 1 aliphatic carbocycles. The Balaban J connectivity index is 2.02. The number of hydrogen-bond acceptors (Lipinski definition) is 3. The van der Waals surface area contributed by atoms with Crippen molar-refractivity contribution in [3.63, 3.8) is 0 Å². The van der Waals surface area contributed by atoms with Gasteiger partial charge in [-0.2, -0.15) is 0 Å². The Hall–Kier alpha value is -1.39. The Morgan fingerprint density at radius 3 is 2.70 bits per heavy atom. The van der Waals surface area contributed by atoms with Crippen LogP contribution in [-0.2, 0) is 4.79 Å². The first-order chi connectivity index (χ1) is 9.30. The summed E-state index contributed by atoms with van der Waals surface area (Å²) in [6.45, 7) is 7.78. The van der Waals surface area contributed by atoms with Crippen LogP contribution in [0.5, 0.6) is 0 Å². The second-order valence-electron chi connectivity index (χ2n) is 6.32. The topological polar surface area (TPSA) is 61.4 Å². The number of aliphatic hydroxyl groups excluding tert-OH is 1. The quantitative estimate of drug-likeness (QED) is 0.791. The van der Waals surface area contributed by atoms with E-state index in [0.717, 1.165) is 17.7 Å². The summed E-state index contributed by atoms with van der Waals surface area (Å²) in [5.74, 6) is -0.0639. The second kappa shape index (κ2) is 5.54. The molecule has 0 aliphatic heterocycles. The van der Waals surface area contributed by atoms with Gasteiger partial charge < -0.3 is 15.7 Å². The van der Waals surface area contributed by atoms with Gasteiger partial charge in [0.15, 0.2) is 0 Å². The normalized spacial score (nSPS) is 25.6. The maximum Gasteiger partial charge on any atom is 0.221 e. The van der Waals surface area contributed by atoms with Gasteiger partial charge in [-0.05, 0) is 31.0 Å². The SMILES string of the molecule is CC(=O)Nc1cccc(C(C)NC2CC(O)C2(C)C)c1. The lowest BCUT2D eigenvalue weighted by molar-refractivity contribution is -0.114. The van der Waals surface area contributed by atoms with E-state index in [1.165, 1.54) is 6.92 Å². The van der Waals surface area contributed by atoms with Gasteiger partial charge in [0.25, 0.3) is 0 Å². The second-order valence-corrected chi connectivity index (χ2v) is 6.32. The lowest BCUT2D eigenvalue weighted by atomic mass is 9.64. The van der Waals surface area contributed by atoms with E-state index < -0.39 is 0 Å². The monoisotopic (exact) mass is 276 g/mol. The van der Waals surface area contributed by atoms with Crippen LogP contribution in [0.4, 0.5) is 5.69 Å². The minimum Gasteiger partial charge on any atom is -0.392 e. The zero-order valence-electron chi connectivity index (χ0n) is 12.6. The van der Waals surface area contributed by atoms with Crippen molar-refractivity contribution >= 4 is 11.6 Å². The summed E-state index contributed by atoms with van der Waals surface area (Å²) in [5.41, 5.74) is 1.87. The molecule has 1 aliphatic rings. The highest BCUT2D eigenvalue weighted by atomic mass is 16.3. The molecule has 0 radical (unpaired) electrons. The number of aliphatic hydroxyl groups is 1. The van der Waals surface area contributed by atoms with Crippen molar-refractivity contribution in [3.8, 4) is 0 Å². The molecule has 1 aromatic carbocycles. The summed E-state index contributed by atoms with van der Waals surface area (Å²) in [4.78, 5) is 11.1. The molecule has 1 saturated carbocycles. The fourth-order valence-corrected chi connectivity index (χ4v) is 2.67. The molecule has 3 unspecified atom stereocenters. The van der Waals surface area contributed by atoms with Crippen molar-refractivity contribution in [1.82, 2.24) is 5.32 Å². The molecule has 0 bridgehead atoms. The van der Waals surface area contributed by atoms with Gasteiger partial charge in [0.05, 0.1) is 6.10 Å². The number of carbonyl (C=O) groups excluding carboxylic acids is 1. The van der Waals surface area contributed by atoms with Gasteiger partial charge in [-0.1, -0.05) is 26.0 Å². The van der Waals surface area contributed by atoms with Crippen LogP contribution in [0.1, 0.15) is 45.7 Å². The standard InChI is InChI=1S/C16H24N2O2/c1-10(17-14-9-15(20)16(14,3)4)12-6-5-7-13(8-12)18-11(2)19/h5-8,10,14-15,17,20H,9H2,1-4H3,(H,18,19). The van der Waals surface area contributed by atoms with Crippen LogP contribution in [0.25, 0.3) is 0 Å². The third-order valence-electron chi connectivity index (χ3n) is 4.37. The maximum absolute atomic E-state index is 11.1. The van der Waals surface area contributed by atoms with E-state index in [-0.39, 0.29) is 23.5 Å². The highest BCUT2D eigenvalue weighted by molar-refractivity contribution is 5.88. The molecule has 110 valence electrons. The average molecular weight is 276 g/mol. The van der Waals surface area contributed by atoms with Crippen molar-refractivity contribution < 1.29 is 9.90 Å². The molecule has 0 saturated heterocycles. The molecule has 0 spiro atoms. The zero-order valence-corrected chi connectivity index (χ0v) is 12.6. The predicted molar refractivity (Wildman–Crippen MR) is 80.5 cm³/mol. The lowest BCUT2D eigenvalue weighted by Crippen LogP contribution is -2.60. The zero-order chi connectivity index (χ0) is 14.9. The van der Waals surface area contributed by atoms with Crippen molar-refractivity contribution in [2.75, 3.05) is 5.32 Å².